The summed E-state index contributed by atoms with van der Waals surface area (Å²) in [5, 5.41) is 11.0. The minimum Gasteiger partial charge on any atom is -0.300 e. The summed E-state index contributed by atoms with van der Waals surface area (Å²) >= 11 is 6.50. The van der Waals surface area contributed by atoms with Gasteiger partial charge in [-0.25, -0.2) is 0 Å². The summed E-state index contributed by atoms with van der Waals surface area (Å²) < 4.78 is 0.256. The maximum atomic E-state index is 13.3. The van der Waals surface area contributed by atoms with Gasteiger partial charge in [0.25, 0.3) is 17.5 Å². The van der Waals surface area contributed by atoms with Crippen molar-refractivity contribution in [2.24, 2.45) is 0 Å². The van der Waals surface area contributed by atoms with Crippen molar-refractivity contribution in [3.63, 3.8) is 0 Å². The molecule has 0 N–H and O–H groups in total. The van der Waals surface area contributed by atoms with Crippen LogP contribution < -0.4 is 4.90 Å². The Labute approximate surface area is 188 Å². The van der Waals surface area contributed by atoms with E-state index in [0.717, 1.165) is 23.0 Å². The molecule has 2 aromatic carbocycles. The van der Waals surface area contributed by atoms with Crippen LogP contribution in [0.5, 0.6) is 0 Å². The standard InChI is InChI=1S/C22H17N3O4S2/c1-13-14(2)23(16-8-4-3-5-9-16)21(27)19(13)24-20(26)18(31-22(24)30)12-15-7-6-10-17(11-15)25(28)29/h3-12,14H,1-2H3/b18-12+. The number of para-hydroxylation sites is 1. The zero-order valence-corrected chi connectivity index (χ0v) is 18.3. The van der Waals surface area contributed by atoms with Gasteiger partial charge in [-0.05, 0) is 43.2 Å². The van der Waals surface area contributed by atoms with Gasteiger partial charge in [-0.15, -0.1) is 0 Å². The molecule has 2 aliphatic rings. The van der Waals surface area contributed by atoms with Crippen molar-refractivity contribution in [2.45, 2.75) is 19.9 Å². The topological polar surface area (TPSA) is 83.8 Å². The van der Waals surface area contributed by atoms with E-state index in [1.807, 2.05) is 44.2 Å². The lowest BCUT2D eigenvalue weighted by Crippen LogP contribution is -2.37. The Morgan fingerprint density at radius 3 is 2.48 bits per heavy atom. The molecule has 1 atom stereocenters. The molecule has 0 radical (unpaired) electrons. The van der Waals surface area contributed by atoms with Crippen LogP contribution in [-0.2, 0) is 9.59 Å². The second-order valence-electron chi connectivity index (χ2n) is 7.09. The second kappa shape index (κ2) is 8.09. The fourth-order valence-electron chi connectivity index (χ4n) is 3.59. The van der Waals surface area contributed by atoms with Crippen molar-refractivity contribution in [1.29, 1.82) is 0 Å². The molecule has 1 saturated heterocycles. The monoisotopic (exact) mass is 451 g/mol. The van der Waals surface area contributed by atoms with E-state index in [4.69, 9.17) is 12.2 Å². The highest BCUT2D eigenvalue weighted by molar-refractivity contribution is 8.26. The van der Waals surface area contributed by atoms with Crippen molar-refractivity contribution in [2.75, 3.05) is 4.90 Å². The number of carbonyl (C=O) groups excluding carboxylic acids is 2. The van der Waals surface area contributed by atoms with Crippen LogP contribution in [0.1, 0.15) is 19.4 Å². The van der Waals surface area contributed by atoms with Crippen LogP contribution in [0.4, 0.5) is 11.4 Å². The number of thioether (sulfide) groups is 1. The van der Waals surface area contributed by atoms with E-state index in [9.17, 15) is 19.7 Å². The average Bonchev–Trinajstić information content (AvgIpc) is 3.14. The van der Waals surface area contributed by atoms with Crippen molar-refractivity contribution in [3.05, 3.63) is 86.5 Å². The highest BCUT2D eigenvalue weighted by Gasteiger charge is 2.45. The van der Waals surface area contributed by atoms with Gasteiger partial charge in [-0.1, -0.05) is 54.3 Å². The number of anilines is 1. The number of nitro benzene ring substituents is 1. The lowest BCUT2D eigenvalue weighted by Gasteiger charge is -2.23. The summed E-state index contributed by atoms with van der Waals surface area (Å²) in [5.74, 6) is -0.699. The third-order valence-corrected chi connectivity index (χ3v) is 6.54. The highest BCUT2D eigenvalue weighted by atomic mass is 32.2. The number of nitro groups is 1. The third kappa shape index (κ3) is 3.66. The predicted octanol–water partition coefficient (Wildman–Crippen LogP) is 4.51. The predicted molar refractivity (Wildman–Crippen MR) is 124 cm³/mol. The van der Waals surface area contributed by atoms with Crippen LogP contribution in [0.15, 0.2) is 70.8 Å². The van der Waals surface area contributed by atoms with Crippen LogP contribution in [0.3, 0.4) is 0 Å². The minimum absolute atomic E-state index is 0.0684. The van der Waals surface area contributed by atoms with Gasteiger partial charge in [0.2, 0.25) is 0 Å². The lowest BCUT2D eigenvalue weighted by atomic mass is 10.1. The van der Waals surface area contributed by atoms with Gasteiger partial charge >= 0.3 is 0 Å². The number of hydrogen-bond donors (Lipinski definition) is 0. The number of thiocarbonyl (C=S) groups is 1. The summed E-state index contributed by atoms with van der Waals surface area (Å²) in [4.78, 5) is 40.2. The summed E-state index contributed by atoms with van der Waals surface area (Å²) in [6.07, 6.45) is 1.56. The summed E-state index contributed by atoms with van der Waals surface area (Å²) in [5.41, 5.74) is 2.20. The fraction of sp³-hybridized carbons (Fsp3) is 0.136. The maximum Gasteiger partial charge on any atom is 0.275 e. The molecule has 0 aliphatic carbocycles. The molecule has 2 heterocycles. The fourth-order valence-corrected chi connectivity index (χ4v) is 4.86. The first-order valence-corrected chi connectivity index (χ1v) is 10.6. The van der Waals surface area contributed by atoms with Gasteiger partial charge in [-0.2, -0.15) is 0 Å². The van der Waals surface area contributed by atoms with Crippen molar-refractivity contribution >= 4 is 57.6 Å². The van der Waals surface area contributed by atoms with Gasteiger partial charge in [0.1, 0.15) is 5.70 Å². The van der Waals surface area contributed by atoms with E-state index in [2.05, 4.69) is 0 Å². The van der Waals surface area contributed by atoms with E-state index in [1.54, 1.807) is 23.1 Å². The molecular formula is C22H17N3O4S2. The van der Waals surface area contributed by atoms with Gasteiger partial charge in [0, 0.05) is 17.8 Å². The molecule has 31 heavy (non-hydrogen) atoms. The van der Waals surface area contributed by atoms with E-state index in [-0.39, 0.29) is 27.7 Å². The summed E-state index contributed by atoms with van der Waals surface area (Å²) in [6, 6.07) is 15.0. The van der Waals surface area contributed by atoms with Gasteiger partial charge < -0.3 is 4.90 Å². The first-order chi connectivity index (χ1) is 14.8. The third-order valence-electron chi connectivity index (χ3n) is 5.24. The number of nitrogens with zero attached hydrogens (tertiary/aromatic N) is 3. The quantitative estimate of drug-likeness (QED) is 0.294. The lowest BCUT2D eigenvalue weighted by molar-refractivity contribution is -0.384. The molecule has 1 fully saturated rings. The van der Waals surface area contributed by atoms with Crippen molar-refractivity contribution < 1.29 is 14.5 Å². The smallest absolute Gasteiger partial charge is 0.275 e. The molecule has 0 bridgehead atoms. The Hall–Kier alpha value is -3.30. The van der Waals surface area contributed by atoms with Crippen molar-refractivity contribution in [1.82, 2.24) is 4.90 Å². The van der Waals surface area contributed by atoms with Gasteiger partial charge in [0.05, 0.1) is 15.9 Å². The zero-order chi connectivity index (χ0) is 22.3. The molecular weight excluding hydrogens is 434 g/mol. The Bertz CT molecular complexity index is 1190. The van der Waals surface area contributed by atoms with Gasteiger partial charge in [0.15, 0.2) is 4.32 Å². The molecule has 0 aromatic heterocycles. The molecule has 2 aliphatic heterocycles. The van der Waals surface area contributed by atoms with Crippen LogP contribution in [0.2, 0.25) is 0 Å². The molecule has 1 unspecified atom stereocenters. The number of amides is 2. The van der Waals surface area contributed by atoms with Crippen LogP contribution in [0, 0.1) is 10.1 Å². The normalized spacial score (nSPS) is 20.4. The molecule has 7 nitrogen and oxygen atoms in total. The highest BCUT2D eigenvalue weighted by Crippen LogP contribution is 2.40. The second-order valence-corrected chi connectivity index (χ2v) is 8.76. The molecule has 2 amide bonds. The van der Waals surface area contributed by atoms with Crippen molar-refractivity contribution in [3.8, 4) is 0 Å². The number of benzene rings is 2. The summed E-state index contributed by atoms with van der Waals surface area (Å²) in [6.45, 7) is 3.73. The zero-order valence-electron chi connectivity index (χ0n) is 16.6. The molecule has 156 valence electrons. The Kier molecular flexibility index (Phi) is 5.47. The summed E-state index contributed by atoms with van der Waals surface area (Å²) in [7, 11) is 0. The largest absolute Gasteiger partial charge is 0.300 e. The maximum absolute atomic E-state index is 13.3. The molecule has 2 aromatic rings. The molecule has 0 saturated carbocycles. The first kappa shape index (κ1) is 21.0. The number of rotatable bonds is 4. The Morgan fingerprint density at radius 2 is 1.81 bits per heavy atom. The number of non-ortho nitro benzene ring substituents is 1. The first-order valence-electron chi connectivity index (χ1n) is 9.41. The van der Waals surface area contributed by atoms with E-state index in [0.29, 0.717) is 10.5 Å². The van der Waals surface area contributed by atoms with Crippen LogP contribution in [0.25, 0.3) is 6.08 Å². The van der Waals surface area contributed by atoms with E-state index in [1.165, 1.54) is 17.0 Å². The van der Waals surface area contributed by atoms with E-state index < -0.39 is 10.8 Å². The van der Waals surface area contributed by atoms with Gasteiger partial charge in [-0.3, -0.25) is 24.6 Å². The van der Waals surface area contributed by atoms with Crippen LogP contribution in [-0.4, -0.2) is 32.0 Å². The van der Waals surface area contributed by atoms with E-state index >= 15 is 0 Å². The number of hydrogen-bond acceptors (Lipinski definition) is 6. The Balaban J connectivity index is 1.67. The molecule has 9 heteroatoms. The minimum atomic E-state index is -0.493. The molecule has 0 spiro atoms. The van der Waals surface area contributed by atoms with Crippen LogP contribution >= 0.6 is 24.0 Å². The average molecular weight is 452 g/mol. The Morgan fingerprint density at radius 1 is 1.10 bits per heavy atom. The molecule has 4 rings (SSSR count). The number of carbonyl (C=O) groups is 2. The SMILES string of the molecule is CC1=C(N2C(=O)/C(=C\c3cccc([N+](=O)[O-])c3)SC2=S)C(=O)N(c2ccccc2)C1C.